The molecule has 20 heavy (non-hydrogen) atoms. The third-order valence-electron chi connectivity index (χ3n) is 3.22. The molecule has 2 rings (SSSR count). The molecule has 2 aromatic rings. The van der Waals surface area contributed by atoms with Crippen molar-refractivity contribution in [1.29, 1.82) is 0 Å². The van der Waals surface area contributed by atoms with Gasteiger partial charge in [0, 0.05) is 12.5 Å². The first kappa shape index (κ1) is 14.9. The summed E-state index contributed by atoms with van der Waals surface area (Å²) in [5, 5.41) is 10.3. The Morgan fingerprint density at radius 2 is 1.80 bits per heavy atom. The summed E-state index contributed by atoms with van der Waals surface area (Å²) in [6, 6.07) is 10.1. The largest absolute Gasteiger partial charge is 0.388 e. The number of rotatable bonds is 4. The molecule has 0 saturated carbocycles. The monoisotopic (exact) mass is 297 g/mol. The van der Waals surface area contributed by atoms with Crippen molar-refractivity contribution < 1.29 is 13.9 Å². The van der Waals surface area contributed by atoms with Crippen LogP contribution in [0.25, 0.3) is 0 Å². The Morgan fingerprint density at radius 1 is 1.10 bits per heavy atom. The number of nitrogens with two attached hydrogens (primary N) is 1. The molecule has 0 fully saturated rings. The van der Waals surface area contributed by atoms with Gasteiger partial charge in [0.1, 0.15) is 11.6 Å². The van der Waals surface area contributed by atoms with Gasteiger partial charge >= 0.3 is 0 Å². The fourth-order valence-electron chi connectivity index (χ4n) is 2.13. The van der Waals surface area contributed by atoms with Gasteiger partial charge in [0.05, 0.1) is 11.1 Å². The van der Waals surface area contributed by atoms with Crippen molar-refractivity contribution in [3.05, 3.63) is 70.2 Å². The van der Waals surface area contributed by atoms with E-state index in [1.807, 2.05) is 0 Å². The minimum atomic E-state index is -1.11. The Morgan fingerprint density at radius 3 is 2.40 bits per heavy atom. The van der Waals surface area contributed by atoms with Crippen molar-refractivity contribution in [2.45, 2.75) is 12.0 Å². The first-order chi connectivity index (χ1) is 9.54. The lowest BCUT2D eigenvalue weighted by Crippen LogP contribution is -2.21. The Labute approximate surface area is 120 Å². The summed E-state index contributed by atoms with van der Waals surface area (Å²) in [6.45, 7) is 0.0341. The topological polar surface area (TPSA) is 46.2 Å². The molecule has 0 bridgehead atoms. The summed E-state index contributed by atoms with van der Waals surface area (Å²) in [6.07, 6.45) is -1.11. The summed E-state index contributed by atoms with van der Waals surface area (Å²) in [4.78, 5) is 0. The van der Waals surface area contributed by atoms with Crippen LogP contribution in [0.2, 0.25) is 5.02 Å². The van der Waals surface area contributed by atoms with Crippen LogP contribution in [0.15, 0.2) is 42.5 Å². The maximum absolute atomic E-state index is 13.8. The summed E-state index contributed by atoms with van der Waals surface area (Å²) in [5.74, 6) is -1.74. The predicted molar refractivity (Wildman–Crippen MR) is 74.6 cm³/mol. The van der Waals surface area contributed by atoms with Crippen molar-refractivity contribution >= 4 is 11.6 Å². The normalized spacial score (nSPS) is 14.1. The highest BCUT2D eigenvalue weighted by Crippen LogP contribution is 2.32. The molecule has 2 aromatic carbocycles. The molecular weight excluding hydrogens is 284 g/mol. The van der Waals surface area contributed by atoms with Crippen molar-refractivity contribution in [3.8, 4) is 0 Å². The summed E-state index contributed by atoms with van der Waals surface area (Å²) in [5.41, 5.74) is 6.25. The number of benzene rings is 2. The smallest absolute Gasteiger partial charge is 0.142 e. The van der Waals surface area contributed by atoms with E-state index in [1.54, 1.807) is 18.2 Å². The molecule has 2 atom stereocenters. The molecular formula is C15H14ClF2NO. The molecule has 2 unspecified atom stereocenters. The van der Waals surface area contributed by atoms with E-state index in [-0.39, 0.29) is 11.6 Å². The Balaban J connectivity index is 2.36. The first-order valence-electron chi connectivity index (χ1n) is 6.12. The van der Waals surface area contributed by atoms with Crippen molar-refractivity contribution in [2.75, 3.05) is 6.54 Å². The quantitative estimate of drug-likeness (QED) is 0.908. The van der Waals surface area contributed by atoms with Gasteiger partial charge in [-0.25, -0.2) is 8.78 Å². The molecule has 0 saturated heterocycles. The SMILES string of the molecule is NCC(c1ccccc1F)C(O)c1ccc(Cl)c(F)c1. The zero-order chi connectivity index (χ0) is 14.7. The zero-order valence-electron chi connectivity index (χ0n) is 10.6. The van der Waals surface area contributed by atoms with Gasteiger partial charge in [-0.3, -0.25) is 0 Å². The van der Waals surface area contributed by atoms with Crippen molar-refractivity contribution in [3.63, 3.8) is 0 Å². The zero-order valence-corrected chi connectivity index (χ0v) is 11.3. The summed E-state index contributed by atoms with van der Waals surface area (Å²) >= 11 is 5.60. The van der Waals surface area contributed by atoms with Crippen LogP contribution in [0.4, 0.5) is 8.78 Å². The number of hydrogen-bond donors (Lipinski definition) is 2. The molecule has 2 nitrogen and oxygen atoms in total. The van der Waals surface area contributed by atoms with E-state index in [1.165, 1.54) is 18.2 Å². The second kappa shape index (κ2) is 6.31. The third-order valence-corrected chi connectivity index (χ3v) is 3.53. The standard InChI is InChI=1S/C15H14ClF2NO/c16-12-6-5-9(7-14(12)18)15(20)11(8-19)10-3-1-2-4-13(10)17/h1-7,11,15,20H,8,19H2. The van der Waals surface area contributed by atoms with Crippen LogP contribution < -0.4 is 5.73 Å². The highest BCUT2D eigenvalue weighted by atomic mass is 35.5. The molecule has 0 spiro atoms. The van der Waals surface area contributed by atoms with Gasteiger partial charge in [-0.1, -0.05) is 35.9 Å². The van der Waals surface area contributed by atoms with Crippen LogP contribution in [0.3, 0.4) is 0 Å². The van der Waals surface area contributed by atoms with E-state index in [2.05, 4.69) is 0 Å². The second-order valence-corrected chi connectivity index (χ2v) is 4.89. The van der Waals surface area contributed by atoms with Gasteiger partial charge in [0.25, 0.3) is 0 Å². The number of halogens is 3. The van der Waals surface area contributed by atoms with Gasteiger partial charge in [-0.2, -0.15) is 0 Å². The van der Waals surface area contributed by atoms with E-state index in [9.17, 15) is 13.9 Å². The van der Waals surface area contributed by atoms with E-state index in [4.69, 9.17) is 17.3 Å². The van der Waals surface area contributed by atoms with Crippen molar-refractivity contribution in [1.82, 2.24) is 0 Å². The number of aliphatic hydroxyl groups excluding tert-OH is 1. The van der Waals surface area contributed by atoms with Crippen LogP contribution in [0.5, 0.6) is 0 Å². The van der Waals surface area contributed by atoms with Gasteiger partial charge in [-0.05, 0) is 29.3 Å². The van der Waals surface area contributed by atoms with E-state index >= 15 is 0 Å². The number of aliphatic hydroxyl groups is 1. The van der Waals surface area contributed by atoms with E-state index < -0.39 is 23.7 Å². The predicted octanol–water partition coefficient (Wildman–Crippen LogP) is 3.39. The molecule has 0 aromatic heterocycles. The van der Waals surface area contributed by atoms with Crippen LogP contribution >= 0.6 is 11.6 Å². The summed E-state index contributed by atoms with van der Waals surface area (Å²) in [7, 11) is 0. The second-order valence-electron chi connectivity index (χ2n) is 4.48. The van der Waals surface area contributed by atoms with E-state index in [0.29, 0.717) is 11.1 Å². The molecule has 5 heteroatoms. The minimum absolute atomic E-state index is 0.0314. The molecule has 0 aliphatic heterocycles. The fourth-order valence-corrected chi connectivity index (χ4v) is 2.25. The molecule has 0 amide bonds. The van der Waals surface area contributed by atoms with Crippen LogP contribution in [0, 0.1) is 11.6 Å². The Kier molecular flexibility index (Phi) is 4.70. The van der Waals surface area contributed by atoms with Gasteiger partial charge in [0.2, 0.25) is 0 Å². The van der Waals surface area contributed by atoms with Gasteiger partial charge in [-0.15, -0.1) is 0 Å². The van der Waals surface area contributed by atoms with E-state index in [0.717, 1.165) is 6.07 Å². The van der Waals surface area contributed by atoms with Crippen LogP contribution in [0.1, 0.15) is 23.1 Å². The fraction of sp³-hybridized carbons (Fsp3) is 0.200. The summed E-state index contributed by atoms with van der Waals surface area (Å²) < 4.78 is 27.2. The highest BCUT2D eigenvalue weighted by Gasteiger charge is 2.24. The average Bonchev–Trinajstić information content (AvgIpc) is 2.44. The minimum Gasteiger partial charge on any atom is -0.388 e. The molecule has 0 heterocycles. The van der Waals surface area contributed by atoms with Gasteiger partial charge in [0.15, 0.2) is 0 Å². The lowest BCUT2D eigenvalue weighted by Gasteiger charge is -2.23. The highest BCUT2D eigenvalue weighted by molar-refractivity contribution is 6.30. The van der Waals surface area contributed by atoms with Crippen molar-refractivity contribution in [2.24, 2.45) is 5.73 Å². The van der Waals surface area contributed by atoms with Gasteiger partial charge < -0.3 is 10.8 Å². The van der Waals surface area contributed by atoms with Crippen LogP contribution in [-0.4, -0.2) is 11.7 Å². The lowest BCUT2D eigenvalue weighted by atomic mass is 9.89. The molecule has 106 valence electrons. The Bertz CT molecular complexity index is 606. The third kappa shape index (κ3) is 2.98. The maximum Gasteiger partial charge on any atom is 0.142 e. The Hall–Kier alpha value is -1.49. The average molecular weight is 298 g/mol. The molecule has 0 radical (unpaired) electrons. The maximum atomic E-state index is 13.8. The van der Waals surface area contributed by atoms with Crippen LogP contribution in [-0.2, 0) is 0 Å². The molecule has 0 aliphatic rings. The molecule has 3 N–H and O–H groups in total. The molecule has 0 aliphatic carbocycles. The first-order valence-corrected chi connectivity index (χ1v) is 6.50. The number of hydrogen-bond acceptors (Lipinski definition) is 2. The lowest BCUT2D eigenvalue weighted by molar-refractivity contribution is 0.145.